The van der Waals surface area contributed by atoms with E-state index in [0.717, 1.165) is 32.1 Å². The number of hydrogen-bond acceptors (Lipinski definition) is 4. The molecule has 0 heterocycles. The van der Waals surface area contributed by atoms with Crippen LogP contribution < -0.4 is 9.62 Å². The standard InChI is InChI=1S/C37H42ClN3O4S/c1-26-12-15-30(16-13-26)24-40(34(36(43)39-37(4,5)6)23-29-10-8-7-9-11-29)35(42)25-41(32-19-14-27(2)28(3)22-32)46(44,45)33-20-17-31(38)18-21-33/h7-22,34H,23-25H2,1-6H3,(H,39,43). The Balaban J connectivity index is 1.83. The molecular weight excluding hydrogens is 618 g/mol. The lowest BCUT2D eigenvalue weighted by molar-refractivity contribution is -0.140. The van der Waals surface area contributed by atoms with Gasteiger partial charge in [0.1, 0.15) is 12.6 Å². The van der Waals surface area contributed by atoms with Gasteiger partial charge in [-0.15, -0.1) is 0 Å². The second kappa shape index (κ2) is 14.5. The smallest absolute Gasteiger partial charge is 0.264 e. The summed E-state index contributed by atoms with van der Waals surface area (Å²) in [6.45, 7) is 11.1. The van der Waals surface area contributed by atoms with E-state index in [0.29, 0.717) is 10.7 Å². The lowest BCUT2D eigenvalue weighted by Crippen LogP contribution is -2.56. The summed E-state index contributed by atoms with van der Waals surface area (Å²) in [5.41, 5.74) is 4.40. The Morgan fingerprint density at radius 2 is 1.43 bits per heavy atom. The van der Waals surface area contributed by atoms with Crippen molar-refractivity contribution in [3.8, 4) is 0 Å². The van der Waals surface area contributed by atoms with Crippen LogP contribution in [0.1, 0.15) is 48.6 Å². The van der Waals surface area contributed by atoms with Crippen molar-refractivity contribution in [2.75, 3.05) is 10.8 Å². The molecule has 4 aromatic rings. The third kappa shape index (κ3) is 8.98. The van der Waals surface area contributed by atoms with Crippen LogP contribution in [0, 0.1) is 20.8 Å². The quantitative estimate of drug-likeness (QED) is 0.188. The SMILES string of the molecule is Cc1ccc(CN(C(=O)CN(c2ccc(C)c(C)c2)S(=O)(=O)c2ccc(Cl)cc2)C(Cc2ccccc2)C(=O)NC(C)(C)C)cc1. The van der Waals surface area contributed by atoms with Crippen LogP contribution in [0.3, 0.4) is 0 Å². The van der Waals surface area contributed by atoms with Crippen molar-refractivity contribution in [1.82, 2.24) is 10.2 Å². The molecular formula is C37H42ClN3O4S. The van der Waals surface area contributed by atoms with E-state index < -0.39 is 34.1 Å². The van der Waals surface area contributed by atoms with Crippen LogP contribution >= 0.6 is 11.6 Å². The van der Waals surface area contributed by atoms with Gasteiger partial charge in [0.05, 0.1) is 10.6 Å². The first-order valence-electron chi connectivity index (χ1n) is 15.2. The predicted molar refractivity (Wildman–Crippen MR) is 185 cm³/mol. The van der Waals surface area contributed by atoms with Crippen LogP contribution in [0.5, 0.6) is 0 Å². The van der Waals surface area contributed by atoms with Gasteiger partial charge in [-0.05, 0) is 100 Å². The summed E-state index contributed by atoms with van der Waals surface area (Å²) in [5.74, 6) is -0.837. The number of carbonyl (C=O) groups excluding carboxylic acids is 2. The monoisotopic (exact) mass is 659 g/mol. The highest BCUT2D eigenvalue weighted by molar-refractivity contribution is 7.92. The first kappa shape index (κ1) is 34.7. The molecule has 2 amide bonds. The fourth-order valence-corrected chi connectivity index (χ4v) is 6.57. The number of sulfonamides is 1. The normalized spacial score (nSPS) is 12.3. The fraction of sp³-hybridized carbons (Fsp3) is 0.297. The molecule has 1 atom stereocenters. The van der Waals surface area contributed by atoms with Gasteiger partial charge in [0.15, 0.2) is 0 Å². The first-order chi connectivity index (χ1) is 21.6. The molecule has 0 aliphatic rings. The van der Waals surface area contributed by atoms with Gasteiger partial charge in [0.25, 0.3) is 10.0 Å². The summed E-state index contributed by atoms with van der Waals surface area (Å²) < 4.78 is 29.5. The fourth-order valence-electron chi connectivity index (χ4n) is 5.04. The highest BCUT2D eigenvalue weighted by atomic mass is 35.5. The number of amides is 2. The van der Waals surface area contributed by atoms with Crippen molar-refractivity contribution >= 4 is 39.1 Å². The van der Waals surface area contributed by atoms with Gasteiger partial charge in [-0.1, -0.05) is 77.8 Å². The molecule has 46 heavy (non-hydrogen) atoms. The van der Waals surface area contributed by atoms with Gasteiger partial charge in [-0.3, -0.25) is 13.9 Å². The molecule has 0 aliphatic heterocycles. The van der Waals surface area contributed by atoms with Crippen molar-refractivity contribution in [3.63, 3.8) is 0 Å². The van der Waals surface area contributed by atoms with Gasteiger partial charge < -0.3 is 10.2 Å². The topological polar surface area (TPSA) is 86.8 Å². The third-order valence-electron chi connectivity index (χ3n) is 7.70. The summed E-state index contributed by atoms with van der Waals surface area (Å²) in [5, 5.41) is 3.45. The summed E-state index contributed by atoms with van der Waals surface area (Å²) in [7, 11) is -4.21. The van der Waals surface area contributed by atoms with Crippen molar-refractivity contribution < 1.29 is 18.0 Å². The second-order valence-electron chi connectivity index (χ2n) is 12.7. The minimum absolute atomic E-state index is 0.000626. The Labute approximate surface area is 278 Å². The van der Waals surface area contributed by atoms with Gasteiger partial charge in [-0.2, -0.15) is 0 Å². The van der Waals surface area contributed by atoms with E-state index in [1.165, 1.54) is 29.2 Å². The molecule has 0 spiro atoms. The number of aryl methyl sites for hydroxylation is 3. The van der Waals surface area contributed by atoms with Crippen LogP contribution in [-0.2, 0) is 32.6 Å². The number of anilines is 1. The molecule has 0 saturated heterocycles. The number of nitrogens with one attached hydrogen (secondary N) is 1. The van der Waals surface area contributed by atoms with Gasteiger partial charge >= 0.3 is 0 Å². The van der Waals surface area contributed by atoms with E-state index in [1.807, 2.05) is 102 Å². The molecule has 242 valence electrons. The summed E-state index contributed by atoms with van der Waals surface area (Å²) in [6.07, 6.45) is 0.244. The van der Waals surface area contributed by atoms with Crippen LogP contribution in [0.4, 0.5) is 5.69 Å². The lowest BCUT2D eigenvalue weighted by Gasteiger charge is -2.35. The van der Waals surface area contributed by atoms with Gasteiger partial charge in [-0.25, -0.2) is 8.42 Å². The zero-order valence-electron chi connectivity index (χ0n) is 27.2. The molecule has 4 rings (SSSR count). The molecule has 9 heteroatoms. The maximum atomic E-state index is 14.6. The summed E-state index contributed by atoms with van der Waals surface area (Å²) in [4.78, 5) is 30.1. The molecule has 0 aromatic heterocycles. The zero-order valence-corrected chi connectivity index (χ0v) is 28.8. The third-order valence-corrected chi connectivity index (χ3v) is 9.74. The molecule has 7 nitrogen and oxygen atoms in total. The number of hydrogen-bond donors (Lipinski definition) is 1. The molecule has 0 fully saturated rings. The number of halogens is 1. The summed E-state index contributed by atoms with van der Waals surface area (Å²) >= 11 is 6.08. The number of benzene rings is 4. The predicted octanol–water partition coefficient (Wildman–Crippen LogP) is 7.02. The maximum absolute atomic E-state index is 14.6. The van der Waals surface area contributed by atoms with Crippen LogP contribution in [0.15, 0.2) is 102 Å². The van der Waals surface area contributed by atoms with E-state index in [9.17, 15) is 18.0 Å². The van der Waals surface area contributed by atoms with Crippen LogP contribution in [0.25, 0.3) is 0 Å². The maximum Gasteiger partial charge on any atom is 0.264 e. The van der Waals surface area contributed by atoms with Crippen molar-refractivity contribution in [3.05, 3.63) is 130 Å². The van der Waals surface area contributed by atoms with Gasteiger partial charge in [0.2, 0.25) is 11.8 Å². The average molecular weight is 660 g/mol. The van der Waals surface area contributed by atoms with Crippen LogP contribution in [-0.4, -0.2) is 43.3 Å². The van der Waals surface area contributed by atoms with E-state index >= 15 is 0 Å². The highest BCUT2D eigenvalue weighted by Crippen LogP contribution is 2.28. The molecule has 4 aromatic carbocycles. The molecule has 0 bridgehead atoms. The summed E-state index contributed by atoms with van der Waals surface area (Å²) in [6, 6.07) is 27.5. The Morgan fingerprint density at radius 1 is 0.804 bits per heavy atom. The van der Waals surface area contributed by atoms with E-state index in [-0.39, 0.29) is 23.8 Å². The Morgan fingerprint density at radius 3 is 2.02 bits per heavy atom. The van der Waals surface area contributed by atoms with E-state index in [2.05, 4.69) is 5.32 Å². The minimum atomic E-state index is -4.21. The first-order valence-corrected chi connectivity index (χ1v) is 17.0. The molecule has 1 unspecified atom stereocenters. The average Bonchev–Trinajstić information content (AvgIpc) is 2.99. The van der Waals surface area contributed by atoms with Gasteiger partial charge in [0, 0.05) is 23.5 Å². The Bertz CT molecular complexity index is 1770. The van der Waals surface area contributed by atoms with Crippen LogP contribution in [0.2, 0.25) is 5.02 Å². The van der Waals surface area contributed by atoms with Crippen molar-refractivity contribution in [2.24, 2.45) is 0 Å². The molecule has 0 radical (unpaired) electrons. The highest BCUT2D eigenvalue weighted by Gasteiger charge is 2.35. The van der Waals surface area contributed by atoms with E-state index in [1.54, 1.807) is 12.1 Å². The second-order valence-corrected chi connectivity index (χ2v) is 15.0. The largest absolute Gasteiger partial charge is 0.350 e. The zero-order chi connectivity index (χ0) is 33.6. The number of carbonyl (C=O) groups is 2. The van der Waals surface area contributed by atoms with E-state index in [4.69, 9.17) is 11.6 Å². The van der Waals surface area contributed by atoms with Crippen molar-refractivity contribution in [2.45, 2.75) is 71.0 Å². The minimum Gasteiger partial charge on any atom is -0.350 e. The van der Waals surface area contributed by atoms with Crippen molar-refractivity contribution in [1.29, 1.82) is 0 Å². The Kier molecular flexibility index (Phi) is 11.0. The Hall–Kier alpha value is -4.14. The lowest BCUT2D eigenvalue weighted by atomic mass is 10.0. The molecule has 1 N–H and O–H groups in total. The molecule has 0 saturated carbocycles. The number of nitrogens with zero attached hydrogens (tertiary/aromatic N) is 2. The number of rotatable bonds is 11. The molecule has 0 aliphatic carbocycles.